The van der Waals surface area contributed by atoms with E-state index in [9.17, 15) is 5.26 Å². The average Bonchev–Trinajstić information content (AvgIpc) is 2.43. The fraction of sp³-hybridized carbons (Fsp3) is 0.533. The number of methoxy groups -OCH3 is 1. The molecule has 0 radical (unpaired) electrons. The SMILES string of the molecule is COCc1ccccc1C(C#N)N1CCCCC1. The molecule has 1 aromatic carbocycles. The van der Waals surface area contributed by atoms with Crippen LogP contribution in [0.15, 0.2) is 24.3 Å². The molecule has 2 rings (SSSR count). The summed E-state index contributed by atoms with van der Waals surface area (Å²) >= 11 is 0. The summed E-state index contributed by atoms with van der Waals surface area (Å²) in [5, 5.41) is 9.49. The molecule has 0 saturated carbocycles. The molecule has 1 atom stereocenters. The Bertz CT molecular complexity index is 419. The summed E-state index contributed by atoms with van der Waals surface area (Å²) < 4.78 is 5.22. The number of rotatable bonds is 4. The molecule has 0 aromatic heterocycles. The van der Waals surface area contributed by atoms with Gasteiger partial charge in [-0.15, -0.1) is 0 Å². The Hall–Kier alpha value is -1.37. The van der Waals surface area contributed by atoms with Crippen molar-refractivity contribution >= 4 is 0 Å². The van der Waals surface area contributed by atoms with Gasteiger partial charge < -0.3 is 4.74 Å². The first-order valence-electron chi connectivity index (χ1n) is 6.57. The zero-order valence-electron chi connectivity index (χ0n) is 10.9. The maximum Gasteiger partial charge on any atom is 0.124 e. The molecule has 1 aliphatic rings. The Morgan fingerprint density at radius 1 is 1.28 bits per heavy atom. The molecule has 18 heavy (non-hydrogen) atoms. The third-order valence-corrected chi connectivity index (χ3v) is 3.53. The third kappa shape index (κ3) is 2.90. The van der Waals surface area contributed by atoms with E-state index < -0.39 is 0 Å². The highest BCUT2D eigenvalue weighted by atomic mass is 16.5. The van der Waals surface area contributed by atoms with E-state index >= 15 is 0 Å². The topological polar surface area (TPSA) is 36.3 Å². The quantitative estimate of drug-likeness (QED) is 0.817. The number of piperidine rings is 1. The lowest BCUT2D eigenvalue weighted by Crippen LogP contribution is -2.33. The van der Waals surface area contributed by atoms with Crippen molar-refractivity contribution < 1.29 is 4.74 Å². The Morgan fingerprint density at radius 2 is 2.00 bits per heavy atom. The molecule has 3 nitrogen and oxygen atoms in total. The summed E-state index contributed by atoms with van der Waals surface area (Å²) in [6.07, 6.45) is 3.68. The molecule has 96 valence electrons. The normalized spacial score (nSPS) is 18.2. The molecule has 1 fully saturated rings. The first kappa shape index (κ1) is 13.1. The third-order valence-electron chi connectivity index (χ3n) is 3.53. The second kappa shape index (κ2) is 6.53. The fourth-order valence-corrected chi connectivity index (χ4v) is 2.61. The van der Waals surface area contributed by atoms with Gasteiger partial charge in [-0.25, -0.2) is 0 Å². The van der Waals surface area contributed by atoms with Crippen LogP contribution in [-0.4, -0.2) is 25.1 Å². The number of hydrogen-bond donors (Lipinski definition) is 0. The number of ether oxygens (including phenoxy) is 1. The molecule has 0 aliphatic carbocycles. The lowest BCUT2D eigenvalue weighted by atomic mass is 9.98. The number of hydrogen-bond acceptors (Lipinski definition) is 3. The lowest BCUT2D eigenvalue weighted by molar-refractivity contribution is 0.174. The minimum absolute atomic E-state index is 0.128. The first-order chi connectivity index (χ1) is 8.86. The molecule has 1 heterocycles. The Kier molecular flexibility index (Phi) is 4.74. The van der Waals surface area contributed by atoms with Crippen molar-refractivity contribution in [2.24, 2.45) is 0 Å². The van der Waals surface area contributed by atoms with Crippen LogP contribution in [0.4, 0.5) is 0 Å². The van der Waals surface area contributed by atoms with Crippen LogP contribution in [-0.2, 0) is 11.3 Å². The van der Waals surface area contributed by atoms with E-state index in [-0.39, 0.29) is 6.04 Å². The maximum atomic E-state index is 9.49. The highest BCUT2D eigenvalue weighted by molar-refractivity contribution is 5.33. The van der Waals surface area contributed by atoms with Crippen LogP contribution in [0.3, 0.4) is 0 Å². The summed E-state index contributed by atoms with van der Waals surface area (Å²) in [6.45, 7) is 2.63. The van der Waals surface area contributed by atoms with Gasteiger partial charge in [0.2, 0.25) is 0 Å². The molecule has 1 aliphatic heterocycles. The van der Waals surface area contributed by atoms with Gasteiger partial charge >= 0.3 is 0 Å². The second-order valence-corrected chi connectivity index (χ2v) is 4.76. The van der Waals surface area contributed by atoms with Gasteiger partial charge in [0.25, 0.3) is 0 Å². The van der Waals surface area contributed by atoms with Crippen molar-refractivity contribution in [3.63, 3.8) is 0 Å². The summed E-state index contributed by atoms with van der Waals surface area (Å²) in [6, 6.07) is 10.4. The van der Waals surface area contributed by atoms with E-state index in [1.807, 2.05) is 18.2 Å². The van der Waals surface area contributed by atoms with Crippen molar-refractivity contribution in [3.05, 3.63) is 35.4 Å². The Balaban J connectivity index is 2.23. The van der Waals surface area contributed by atoms with Crippen LogP contribution < -0.4 is 0 Å². The van der Waals surface area contributed by atoms with Crippen molar-refractivity contribution in [2.45, 2.75) is 31.9 Å². The first-order valence-corrected chi connectivity index (χ1v) is 6.57. The molecule has 0 N–H and O–H groups in total. The van der Waals surface area contributed by atoms with Gasteiger partial charge in [-0.05, 0) is 37.1 Å². The molecule has 0 bridgehead atoms. The number of likely N-dealkylation sites (tertiary alicyclic amines) is 1. The van der Waals surface area contributed by atoms with Gasteiger partial charge in [-0.2, -0.15) is 5.26 Å². The summed E-state index contributed by atoms with van der Waals surface area (Å²) in [5.74, 6) is 0. The van der Waals surface area contributed by atoms with Crippen molar-refractivity contribution in [3.8, 4) is 6.07 Å². The summed E-state index contributed by atoms with van der Waals surface area (Å²) in [4.78, 5) is 2.29. The van der Waals surface area contributed by atoms with Gasteiger partial charge in [0.05, 0.1) is 12.7 Å². The van der Waals surface area contributed by atoms with E-state index in [1.165, 1.54) is 19.3 Å². The van der Waals surface area contributed by atoms with E-state index in [4.69, 9.17) is 4.74 Å². The van der Waals surface area contributed by atoms with Gasteiger partial charge in [0.15, 0.2) is 0 Å². The molecule has 1 aromatic rings. The minimum Gasteiger partial charge on any atom is -0.380 e. The summed E-state index contributed by atoms with van der Waals surface area (Å²) in [7, 11) is 1.69. The van der Waals surface area contributed by atoms with Crippen LogP contribution in [0.5, 0.6) is 0 Å². The Labute approximate surface area is 109 Å². The van der Waals surface area contributed by atoms with Crippen molar-refractivity contribution in [1.29, 1.82) is 5.26 Å². The zero-order valence-corrected chi connectivity index (χ0v) is 10.9. The van der Waals surface area contributed by atoms with Crippen LogP contribution >= 0.6 is 0 Å². The molecule has 3 heteroatoms. The maximum absolute atomic E-state index is 9.49. The predicted octanol–water partition coefficient (Wildman–Crippen LogP) is 2.88. The largest absolute Gasteiger partial charge is 0.380 e. The second-order valence-electron chi connectivity index (χ2n) is 4.76. The van der Waals surface area contributed by atoms with E-state index in [0.717, 1.165) is 24.2 Å². The lowest BCUT2D eigenvalue weighted by Gasteiger charge is -2.31. The molecular weight excluding hydrogens is 224 g/mol. The van der Waals surface area contributed by atoms with Crippen LogP contribution in [0.2, 0.25) is 0 Å². The van der Waals surface area contributed by atoms with Crippen molar-refractivity contribution in [1.82, 2.24) is 4.90 Å². The number of nitriles is 1. The molecular formula is C15H20N2O. The van der Waals surface area contributed by atoms with Gasteiger partial charge in [-0.1, -0.05) is 30.7 Å². The smallest absolute Gasteiger partial charge is 0.124 e. The van der Waals surface area contributed by atoms with Crippen molar-refractivity contribution in [2.75, 3.05) is 20.2 Å². The minimum atomic E-state index is -0.128. The molecule has 0 amide bonds. The monoisotopic (exact) mass is 244 g/mol. The fourth-order valence-electron chi connectivity index (χ4n) is 2.61. The van der Waals surface area contributed by atoms with Gasteiger partial charge in [-0.3, -0.25) is 4.90 Å². The summed E-state index contributed by atoms with van der Waals surface area (Å²) in [5.41, 5.74) is 2.22. The number of benzene rings is 1. The van der Waals surface area contributed by atoms with Gasteiger partial charge in [0, 0.05) is 7.11 Å². The molecule has 1 unspecified atom stereocenters. The van der Waals surface area contributed by atoms with Crippen LogP contribution in [0.1, 0.15) is 36.4 Å². The highest BCUT2D eigenvalue weighted by Crippen LogP contribution is 2.26. The molecule has 1 saturated heterocycles. The molecule has 0 spiro atoms. The number of nitrogens with zero attached hydrogens (tertiary/aromatic N) is 2. The van der Waals surface area contributed by atoms with E-state index in [2.05, 4.69) is 17.0 Å². The highest BCUT2D eigenvalue weighted by Gasteiger charge is 2.23. The zero-order chi connectivity index (χ0) is 12.8. The standard InChI is InChI=1S/C15H20N2O/c1-18-12-13-7-3-4-8-14(13)15(11-16)17-9-5-2-6-10-17/h3-4,7-8,15H,2,5-6,9-10,12H2,1H3. The Morgan fingerprint density at radius 3 is 2.67 bits per heavy atom. The van der Waals surface area contributed by atoms with E-state index in [1.54, 1.807) is 7.11 Å². The predicted molar refractivity (Wildman–Crippen MR) is 70.9 cm³/mol. The van der Waals surface area contributed by atoms with Gasteiger partial charge in [0.1, 0.15) is 6.04 Å². The van der Waals surface area contributed by atoms with Crippen LogP contribution in [0.25, 0.3) is 0 Å². The average molecular weight is 244 g/mol. The van der Waals surface area contributed by atoms with Crippen LogP contribution in [0, 0.1) is 11.3 Å². The van der Waals surface area contributed by atoms with E-state index in [0.29, 0.717) is 6.61 Å².